The second kappa shape index (κ2) is 21.6. The van der Waals surface area contributed by atoms with Crippen molar-refractivity contribution in [2.45, 2.75) is 73.1 Å². The van der Waals surface area contributed by atoms with Crippen LogP contribution in [-0.4, -0.2) is 113 Å². The van der Waals surface area contributed by atoms with Gasteiger partial charge in [-0.2, -0.15) is 0 Å². The number of nitrogens with one attached hydrogen (secondary N) is 2. The van der Waals surface area contributed by atoms with E-state index >= 15 is 0 Å². The van der Waals surface area contributed by atoms with E-state index in [-0.39, 0.29) is 120 Å². The van der Waals surface area contributed by atoms with Crippen LogP contribution >= 0.6 is 7.67 Å². The van der Waals surface area contributed by atoms with E-state index in [0.717, 1.165) is 4.67 Å². The van der Waals surface area contributed by atoms with Crippen LogP contribution in [-0.2, 0) is 38.1 Å². The van der Waals surface area contributed by atoms with E-state index in [1.165, 1.54) is 43.6 Å². The first-order valence-corrected chi connectivity index (χ1v) is 16.0. The Hall–Kier alpha value is -3.06. The van der Waals surface area contributed by atoms with Gasteiger partial charge in [0, 0.05) is 90.9 Å². The molecule has 0 saturated heterocycles. The lowest BCUT2D eigenvalue weighted by Crippen LogP contribution is -2.40. The molecule has 0 saturated carbocycles. The number of carbonyl (C=O) groups is 7. The van der Waals surface area contributed by atoms with Gasteiger partial charge in [-0.25, -0.2) is 9.76 Å². The monoisotopic (exact) mass is 629 g/mol. The molecule has 0 rings (SSSR count). The van der Waals surface area contributed by atoms with Crippen LogP contribution in [0.4, 0.5) is 0 Å². The number of carbonyl (C=O) groups excluding carboxylic acids is 7. The number of amides is 3. The number of Topliss-reactive ketones (excluding diaryl/α,β-unsaturated/α-hetero) is 4. The molecule has 3 amide bonds. The Morgan fingerprint density at radius 2 is 1.00 bits per heavy atom. The normalized spacial score (nSPS) is 12.5. The average Bonchev–Trinajstić information content (AvgIpc) is 2.90. The molecule has 244 valence electrons. The number of rotatable bonds is 24. The topological polar surface area (TPSA) is 191 Å². The van der Waals surface area contributed by atoms with Gasteiger partial charge in [0.1, 0.15) is 23.1 Å². The minimum atomic E-state index is -4.32. The highest BCUT2D eigenvalue weighted by atomic mass is 31.2. The molecule has 1 unspecified atom stereocenters. The van der Waals surface area contributed by atoms with Crippen molar-refractivity contribution in [1.82, 2.24) is 24.9 Å². The molecular weight excluding hydrogens is 581 g/mol. The van der Waals surface area contributed by atoms with Crippen molar-refractivity contribution < 1.29 is 43.0 Å². The molecule has 43 heavy (non-hydrogen) atoms. The fourth-order valence-corrected chi connectivity index (χ4v) is 5.08. The van der Waals surface area contributed by atoms with E-state index in [2.05, 4.69) is 10.4 Å². The minimum Gasteiger partial charge on any atom is -0.351 e. The maximum Gasteiger partial charge on any atom is 0.340 e. The van der Waals surface area contributed by atoms with Crippen LogP contribution in [0.25, 0.3) is 0 Å². The van der Waals surface area contributed by atoms with E-state index < -0.39 is 19.5 Å². The highest BCUT2D eigenvalue weighted by Gasteiger charge is 2.30. The number of hydrogen-bond donors (Lipinski definition) is 3. The largest absolute Gasteiger partial charge is 0.351 e. The fourth-order valence-electron chi connectivity index (χ4n) is 3.74. The second-order valence-electron chi connectivity index (χ2n) is 10.3. The summed E-state index contributed by atoms with van der Waals surface area (Å²) >= 11 is 0. The van der Waals surface area contributed by atoms with Crippen LogP contribution in [0.3, 0.4) is 0 Å². The number of hydrogen-bond acceptors (Lipinski definition) is 8. The minimum absolute atomic E-state index is 0.0349. The zero-order valence-electron chi connectivity index (χ0n) is 26.1. The Labute approximate surface area is 254 Å². The molecule has 14 nitrogen and oxygen atoms in total. The van der Waals surface area contributed by atoms with E-state index in [9.17, 15) is 43.0 Å². The van der Waals surface area contributed by atoms with Crippen molar-refractivity contribution in [3.63, 3.8) is 0 Å². The summed E-state index contributed by atoms with van der Waals surface area (Å²) in [5.74, 6) is -1.77. The lowest BCUT2D eigenvalue weighted by atomic mass is 10.2. The van der Waals surface area contributed by atoms with E-state index in [0.29, 0.717) is 0 Å². The Bertz CT molecular complexity index is 971. The summed E-state index contributed by atoms with van der Waals surface area (Å²) in [5, 5.41) is 5.04. The molecule has 15 heteroatoms. The predicted octanol–water partition coefficient (Wildman–Crippen LogP) is 1.02. The number of nitrogens with zero attached hydrogens (tertiary/aromatic N) is 3. The summed E-state index contributed by atoms with van der Waals surface area (Å²) in [7, 11) is -4.32. The van der Waals surface area contributed by atoms with Gasteiger partial charge in [0.15, 0.2) is 0 Å². The molecule has 0 aromatic rings. The first-order chi connectivity index (χ1) is 20.1. The van der Waals surface area contributed by atoms with Gasteiger partial charge < -0.3 is 20.0 Å². The summed E-state index contributed by atoms with van der Waals surface area (Å²) in [4.78, 5) is 97.2. The highest BCUT2D eigenvalue weighted by Crippen LogP contribution is 2.40. The lowest BCUT2D eigenvalue weighted by molar-refractivity contribution is -0.133. The zero-order valence-corrected chi connectivity index (χ0v) is 27.0. The summed E-state index contributed by atoms with van der Waals surface area (Å²) < 4.78 is 14.4. The molecular formula is C28H48N5O9P. The molecule has 0 aromatic heterocycles. The van der Waals surface area contributed by atoms with Crippen LogP contribution in [0.15, 0.2) is 12.2 Å². The van der Waals surface area contributed by atoms with Crippen molar-refractivity contribution in [2.24, 2.45) is 0 Å². The first-order valence-electron chi connectivity index (χ1n) is 14.4. The zero-order chi connectivity index (χ0) is 33.0. The molecule has 3 N–H and O–H groups in total. The Balaban J connectivity index is 5.70. The van der Waals surface area contributed by atoms with Crippen LogP contribution < -0.4 is 10.4 Å². The standard InChI is InChI=1S/C28H48N5O9P/c1-6-7-26(38)29-14-15-30-43(41,42)33(20-12-27(39)31(16-8-22(2)34)17-9-23(3)35)21-13-28(40)32(18-10-24(4)36)19-11-25(5)37/h6-7H,8-21H2,1-5H3,(H,29,38)(H2,30,41,42). The van der Waals surface area contributed by atoms with Gasteiger partial charge >= 0.3 is 7.67 Å². The van der Waals surface area contributed by atoms with Gasteiger partial charge in [0.2, 0.25) is 17.7 Å². The summed E-state index contributed by atoms with van der Waals surface area (Å²) in [5.41, 5.74) is 0. The van der Waals surface area contributed by atoms with Crippen molar-refractivity contribution in [1.29, 1.82) is 0 Å². The maximum atomic E-state index is 13.3. The molecule has 0 aromatic carbocycles. The van der Waals surface area contributed by atoms with Crippen molar-refractivity contribution in [3.8, 4) is 0 Å². The molecule has 0 radical (unpaired) electrons. The fraction of sp³-hybridized carbons (Fsp3) is 0.679. The summed E-state index contributed by atoms with van der Waals surface area (Å²) in [6.45, 7) is 7.11. The molecule has 1 atom stereocenters. The van der Waals surface area contributed by atoms with Crippen molar-refractivity contribution in [2.75, 3.05) is 52.4 Å². The third-order valence-electron chi connectivity index (χ3n) is 6.25. The van der Waals surface area contributed by atoms with Gasteiger partial charge in [-0.05, 0) is 40.7 Å². The van der Waals surface area contributed by atoms with Crippen molar-refractivity contribution in [3.05, 3.63) is 12.2 Å². The molecule has 0 heterocycles. The van der Waals surface area contributed by atoms with Crippen molar-refractivity contribution >= 4 is 48.5 Å². The number of ketones is 4. The van der Waals surface area contributed by atoms with Crippen LogP contribution in [0.1, 0.15) is 73.1 Å². The SMILES string of the molecule is CC=CC(=O)NCCNP(=O)(O)N(CCC(=O)N(CCC(C)=O)CCC(C)=O)CCC(=O)N(CCC(C)=O)CCC(C)=O. The highest BCUT2D eigenvalue weighted by molar-refractivity contribution is 7.53. The predicted molar refractivity (Wildman–Crippen MR) is 161 cm³/mol. The molecule has 0 spiro atoms. The van der Waals surface area contributed by atoms with Crippen LogP contribution in [0, 0.1) is 0 Å². The van der Waals surface area contributed by atoms with Gasteiger partial charge in [0.05, 0.1) is 0 Å². The maximum absolute atomic E-state index is 13.3. The molecule has 0 fully saturated rings. The Morgan fingerprint density at radius 3 is 1.33 bits per heavy atom. The molecule has 0 aliphatic rings. The quantitative estimate of drug-likeness (QED) is 0.0785. The lowest BCUT2D eigenvalue weighted by Gasteiger charge is -2.30. The van der Waals surface area contributed by atoms with E-state index in [1.54, 1.807) is 13.0 Å². The molecule has 0 aliphatic carbocycles. The second-order valence-corrected chi connectivity index (χ2v) is 12.2. The van der Waals surface area contributed by atoms with Gasteiger partial charge in [-0.1, -0.05) is 6.08 Å². The average molecular weight is 630 g/mol. The smallest absolute Gasteiger partial charge is 0.340 e. The van der Waals surface area contributed by atoms with E-state index in [1.807, 2.05) is 0 Å². The van der Waals surface area contributed by atoms with Gasteiger partial charge in [0.25, 0.3) is 0 Å². The number of allylic oxidation sites excluding steroid dienone is 1. The third kappa shape index (κ3) is 19.7. The van der Waals surface area contributed by atoms with Crippen LogP contribution in [0.5, 0.6) is 0 Å². The molecule has 0 bridgehead atoms. The summed E-state index contributed by atoms with van der Waals surface area (Å²) in [6, 6.07) is 0. The van der Waals surface area contributed by atoms with Crippen LogP contribution in [0.2, 0.25) is 0 Å². The van der Waals surface area contributed by atoms with Gasteiger partial charge in [-0.15, -0.1) is 0 Å². The molecule has 0 aliphatic heterocycles. The Morgan fingerprint density at radius 1 is 0.628 bits per heavy atom. The van der Waals surface area contributed by atoms with Gasteiger partial charge in [-0.3, -0.25) is 38.1 Å². The first kappa shape index (κ1) is 39.9. The summed E-state index contributed by atoms with van der Waals surface area (Å²) in [6.07, 6.45) is 2.76. The third-order valence-corrected chi connectivity index (χ3v) is 8.05. The van der Waals surface area contributed by atoms with E-state index in [4.69, 9.17) is 0 Å². The Kier molecular flexibility index (Phi) is 20.1.